The molecule has 2 amide bonds. The van der Waals surface area contributed by atoms with Crippen molar-refractivity contribution in [2.75, 3.05) is 5.32 Å². The Kier molecular flexibility index (Phi) is 5.22. The summed E-state index contributed by atoms with van der Waals surface area (Å²) >= 11 is 3.28. The van der Waals surface area contributed by atoms with Crippen molar-refractivity contribution in [2.24, 2.45) is 5.92 Å². The summed E-state index contributed by atoms with van der Waals surface area (Å²) in [4.78, 5) is 23.2. The van der Waals surface area contributed by atoms with E-state index < -0.39 is 5.97 Å². The molecular weight excluding hydrogens is 336 g/mol. The first-order valence-electron chi connectivity index (χ1n) is 7.10. The van der Waals surface area contributed by atoms with E-state index >= 15 is 0 Å². The number of carbonyl (C=O) groups is 2. The SMILES string of the molecule is CCC(CC1CC1)NC(=O)Nc1cc(Br)ccc1C(=O)O. The van der Waals surface area contributed by atoms with Crippen molar-refractivity contribution in [3.63, 3.8) is 0 Å². The summed E-state index contributed by atoms with van der Waals surface area (Å²) in [6.07, 6.45) is 4.35. The molecule has 1 unspecified atom stereocenters. The molecule has 2 rings (SSSR count). The van der Waals surface area contributed by atoms with Gasteiger partial charge in [-0.25, -0.2) is 9.59 Å². The van der Waals surface area contributed by atoms with Gasteiger partial charge in [-0.3, -0.25) is 0 Å². The van der Waals surface area contributed by atoms with Crippen molar-refractivity contribution in [1.29, 1.82) is 0 Å². The van der Waals surface area contributed by atoms with Crippen molar-refractivity contribution in [3.8, 4) is 0 Å². The molecule has 1 atom stereocenters. The molecule has 6 heteroatoms. The van der Waals surface area contributed by atoms with Crippen molar-refractivity contribution in [1.82, 2.24) is 5.32 Å². The first kappa shape index (κ1) is 15.8. The minimum absolute atomic E-state index is 0.0728. The Hall–Kier alpha value is -1.56. The zero-order valence-corrected chi connectivity index (χ0v) is 13.4. The van der Waals surface area contributed by atoms with Gasteiger partial charge in [0.05, 0.1) is 11.3 Å². The molecule has 0 radical (unpaired) electrons. The molecular formula is C15H19BrN2O3. The first-order valence-corrected chi connectivity index (χ1v) is 7.89. The van der Waals surface area contributed by atoms with Crippen molar-refractivity contribution in [2.45, 2.75) is 38.6 Å². The number of anilines is 1. The standard InChI is InChI=1S/C15H19BrN2O3/c1-2-11(7-9-3-4-9)17-15(21)18-13-8-10(16)5-6-12(13)14(19)20/h5-6,8-9,11H,2-4,7H2,1H3,(H,19,20)(H2,17,18,21). The van der Waals surface area contributed by atoms with Gasteiger partial charge in [0.25, 0.3) is 0 Å². The summed E-state index contributed by atoms with van der Waals surface area (Å²) in [5.74, 6) is -0.335. The Bertz CT molecular complexity index is 544. The van der Waals surface area contributed by atoms with E-state index in [0.717, 1.165) is 18.8 Å². The normalized spacial score (nSPS) is 15.3. The van der Waals surface area contributed by atoms with Gasteiger partial charge in [0, 0.05) is 10.5 Å². The molecule has 1 aliphatic rings. The third-order valence-corrected chi connectivity index (χ3v) is 4.10. The van der Waals surface area contributed by atoms with Crippen LogP contribution in [0.25, 0.3) is 0 Å². The molecule has 1 fully saturated rings. The lowest BCUT2D eigenvalue weighted by molar-refractivity contribution is 0.0698. The number of urea groups is 1. The fraction of sp³-hybridized carbons (Fsp3) is 0.467. The summed E-state index contributed by atoms with van der Waals surface area (Å²) in [5, 5.41) is 14.7. The molecule has 3 N–H and O–H groups in total. The van der Waals surface area contributed by atoms with Gasteiger partial charge in [0.1, 0.15) is 0 Å². The van der Waals surface area contributed by atoms with E-state index in [1.165, 1.54) is 18.9 Å². The summed E-state index contributed by atoms with van der Waals surface area (Å²) in [5.41, 5.74) is 0.360. The van der Waals surface area contributed by atoms with E-state index in [0.29, 0.717) is 4.47 Å². The third kappa shape index (κ3) is 4.74. The average Bonchev–Trinajstić information content (AvgIpc) is 3.21. The van der Waals surface area contributed by atoms with Crippen LogP contribution >= 0.6 is 15.9 Å². The Morgan fingerprint density at radius 1 is 1.43 bits per heavy atom. The Morgan fingerprint density at radius 3 is 2.71 bits per heavy atom. The van der Waals surface area contributed by atoms with Crippen molar-refractivity contribution >= 4 is 33.6 Å². The van der Waals surface area contributed by atoms with E-state index in [4.69, 9.17) is 5.11 Å². The second-order valence-corrected chi connectivity index (χ2v) is 6.29. The van der Waals surface area contributed by atoms with Crippen LogP contribution in [-0.2, 0) is 0 Å². The van der Waals surface area contributed by atoms with Gasteiger partial charge in [0.15, 0.2) is 0 Å². The largest absolute Gasteiger partial charge is 0.478 e. The number of rotatable bonds is 6. The number of carboxylic acid groups (broad SMARTS) is 1. The molecule has 0 saturated heterocycles. The Labute approximate surface area is 132 Å². The van der Waals surface area contributed by atoms with Gasteiger partial charge in [0.2, 0.25) is 0 Å². The fourth-order valence-electron chi connectivity index (χ4n) is 2.23. The molecule has 0 heterocycles. The van der Waals surface area contributed by atoms with Gasteiger partial charge in [-0.15, -0.1) is 0 Å². The van der Waals surface area contributed by atoms with Crippen LogP contribution in [-0.4, -0.2) is 23.1 Å². The van der Waals surface area contributed by atoms with E-state index in [2.05, 4.69) is 26.6 Å². The number of amides is 2. The van der Waals surface area contributed by atoms with Gasteiger partial charge in [-0.1, -0.05) is 35.7 Å². The van der Waals surface area contributed by atoms with Crippen LogP contribution in [0.3, 0.4) is 0 Å². The topological polar surface area (TPSA) is 78.4 Å². The number of halogens is 1. The molecule has 0 aromatic heterocycles. The van der Waals surface area contributed by atoms with Gasteiger partial charge in [-0.05, 0) is 37.0 Å². The zero-order valence-electron chi connectivity index (χ0n) is 11.9. The van der Waals surface area contributed by atoms with Crippen LogP contribution in [0.1, 0.15) is 43.0 Å². The molecule has 1 aliphatic carbocycles. The monoisotopic (exact) mass is 354 g/mol. The maximum absolute atomic E-state index is 12.0. The van der Waals surface area contributed by atoms with Crippen LogP contribution in [0.15, 0.2) is 22.7 Å². The van der Waals surface area contributed by atoms with Crippen LogP contribution in [0, 0.1) is 5.92 Å². The second kappa shape index (κ2) is 6.93. The number of hydrogen-bond donors (Lipinski definition) is 3. The van der Waals surface area contributed by atoms with E-state index in [9.17, 15) is 9.59 Å². The predicted molar refractivity (Wildman–Crippen MR) is 84.7 cm³/mol. The quantitative estimate of drug-likeness (QED) is 0.725. The number of aromatic carboxylic acids is 1. The van der Waals surface area contributed by atoms with E-state index in [1.54, 1.807) is 12.1 Å². The highest BCUT2D eigenvalue weighted by Crippen LogP contribution is 2.34. The summed E-state index contributed by atoms with van der Waals surface area (Å²) < 4.78 is 0.716. The summed E-state index contributed by atoms with van der Waals surface area (Å²) in [6.45, 7) is 2.04. The first-order chi connectivity index (χ1) is 9.99. The maximum atomic E-state index is 12.0. The molecule has 0 aliphatic heterocycles. The minimum atomic E-state index is -1.07. The van der Waals surface area contributed by atoms with Crippen molar-refractivity contribution in [3.05, 3.63) is 28.2 Å². The van der Waals surface area contributed by atoms with Gasteiger partial charge in [-0.2, -0.15) is 0 Å². The lowest BCUT2D eigenvalue weighted by atomic mass is 10.1. The molecule has 0 spiro atoms. The molecule has 1 aromatic carbocycles. The molecule has 114 valence electrons. The highest BCUT2D eigenvalue weighted by atomic mass is 79.9. The number of benzene rings is 1. The highest BCUT2D eigenvalue weighted by Gasteiger charge is 2.25. The van der Waals surface area contributed by atoms with Crippen LogP contribution in [0.4, 0.5) is 10.5 Å². The molecule has 21 heavy (non-hydrogen) atoms. The molecule has 0 bridgehead atoms. The molecule has 1 saturated carbocycles. The maximum Gasteiger partial charge on any atom is 0.337 e. The van der Waals surface area contributed by atoms with Crippen LogP contribution < -0.4 is 10.6 Å². The average molecular weight is 355 g/mol. The second-order valence-electron chi connectivity index (χ2n) is 5.38. The van der Waals surface area contributed by atoms with Gasteiger partial charge >= 0.3 is 12.0 Å². The summed E-state index contributed by atoms with van der Waals surface area (Å²) in [7, 11) is 0. The predicted octanol–water partition coefficient (Wildman–Crippen LogP) is 3.85. The number of nitrogens with one attached hydrogen (secondary N) is 2. The zero-order chi connectivity index (χ0) is 15.4. The molecule has 1 aromatic rings. The van der Waals surface area contributed by atoms with Crippen molar-refractivity contribution < 1.29 is 14.7 Å². The van der Waals surface area contributed by atoms with E-state index in [1.807, 2.05) is 6.92 Å². The lowest BCUT2D eigenvalue weighted by Gasteiger charge is -2.17. The van der Waals surface area contributed by atoms with Crippen LogP contribution in [0.5, 0.6) is 0 Å². The summed E-state index contributed by atoms with van der Waals surface area (Å²) in [6, 6.07) is 4.46. The third-order valence-electron chi connectivity index (χ3n) is 3.60. The van der Waals surface area contributed by atoms with Crippen LogP contribution in [0.2, 0.25) is 0 Å². The number of carbonyl (C=O) groups excluding carboxylic acids is 1. The number of hydrogen-bond acceptors (Lipinski definition) is 2. The smallest absolute Gasteiger partial charge is 0.337 e. The fourth-order valence-corrected chi connectivity index (χ4v) is 2.59. The number of carboxylic acids is 1. The van der Waals surface area contributed by atoms with Gasteiger partial charge < -0.3 is 15.7 Å². The Morgan fingerprint density at radius 2 is 2.14 bits per heavy atom. The Balaban J connectivity index is 2.00. The minimum Gasteiger partial charge on any atom is -0.478 e. The highest BCUT2D eigenvalue weighted by molar-refractivity contribution is 9.10. The lowest BCUT2D eigenvalue weighted by Crippen LogP contribution is -2.38. The van der Waals surface area contributed by atoms with E-state index in [-0.39, 0.29) is 23.3 Å². The molecule has 5 nitrogen and oxygen atoms in total.